The number of primary sulfonamides is 1. The normalized spacial score (nSPS) is 22.5. The summed E-state index contributed by atoms with van der Waals surface area (Å²) in [7, 11) is -2.51. The molecule has 4 N–H and O–H groups in total. The van der Waals surface area contributed by atoms with E-state index in [1.165, 1.54) is 17.8 Å². The molecule has 0 bridgehead atoms. The van der Waals surface area contributed by atoms with Gasteiger partial charge in [0.2, 0.25) is 10.0 Å². The number of aliphatic hydroxyl groups is 1. The minimum atomic E-state index is -3.96. The molecule has 9 nitrogen and oxygen atoms in total. The van der Waals surface area contributed by atoms with Gasteiger partial charge in [-0.2, -0.15) is 0 Å². The maximum Gasteiger partial charge on any atom is 0.326 e. The van der Waals surface area contributed by atoms with Gasteiger partial charge in [-0.25, -0.2) is 18.4 Å². The Morgan fingerprint density at radius 1 is 1.43 bits per heavy atom. The number of β-amino-alcohol motifs (C(OH)–C–C–N with tert-alkyl or cyclic N) is 1. The Labute approximate surface area is 120 Å². The van der Waals surface area contributed by atoms with Gasteiger partial charge in [-0.3, -0.25) is 4.79 Å². The lowest BCUT2D eigenvalue weighted by Crippen LogP contribution is -2.41. The van der Waals surface area contributed by atoms with Crippen LogP contribution in [0.4, 0.5) is 0 Å². The van der Waals surface area contributed by atoms with Gasteiger partial charge in [0.1, 0.15) is 16.6 Å². The van der Waals surface area contributed by atoms with Crippen molar-refractivity contribution in [2.45, 2.75) is 23.5 Å². The number of nitrogens with two attached hydrogens (primary N) is 1. The Kier molecular flexibility index (Phi) is 3.78. The van der Waals surface area contributed by atoms with E-state index in [0.29, 0.717) is 0 Å². The molecule has 1 aromatic rings. The highest BCUT2D eigenvalue weighted by molar-refractivity contribution is 7.89. The summed E-state index contributed by atoms with van der Waals surface area (Å²) in [6.45, 7) is -0.119. The monoisotopic (exact) mass is 317 g/mol. The number of aliphatic carboxylic acids is 1. The molecule has 2 atom stereocenters. The highest BCUT2D eigenvalue weighted by Gasteiger charge is 2.40. The van der Waals surface area contributed by atoms with Crippen LogP contribution in [0, 0.1) is 0 Å². The molecular weight excluding hydrogens is 302 g/mol. The van der Waals surface area contributed by atoms with Crippen molar-refractivity contribution in [1.82, 2.24) is 9.47 Å². The molecule has 1 fully saturated rings. The van der Waals surface area contributed by atoms with Crippen LogP contribution in [0.25, 0.3) is 0 Å². The summed E-state index contributed by atoms with van der Waals surface area (Å²) in [4.78, 5) is 24.3. The van der Waals surface area contributed by atoms with Crippen molar-refractivity contribution in [1.29, 1.82) is 0 Å². The molecule has 0 spiro atoms. The molecule has 10 heteroatoms. The first-order valence-corrected chi connectivity index (χ1v) is 7.57. The third kappa shape index (κ3) is 2.91. The summed E-state index contributed by atoms with van der Waals surface area (Å²) in [5.41, 5.74) is -0.0145. The van der Waals surface area contributed by atoms with Crippen LogP contribution in [0.3, 0.4) is 0 Å². The number of rotatable bonds is 3. The Hall–Kier alpha value is -1.91. The zero-order valence-electron chi connectivity index (χ0n) is 11.1. The van der Waals surface area contributed by atoms with Gasteiger partial charge in [-0.15, -0.1) is 0 Å². The first-order valence-electron chi connectivity index (χ1n) is 6.02. The summed E-state index contributed by atoms with van der Waals surface area (Å²) in [6, 6.07) is -0.0540. The quantitative estimate of drug-likeness (QED) is 0.608. The molecule has 0 aromatic carbocycles. The number of aryl methyl sites for hydroxylation is 1. The van der Waals surface area contributed by atoms with Gasteiger partial charge >= 0.3 is 5.97 Å². The number of carboxylic acid groups (broad SMARTS) is 1. The second kappa shape index (κ2) is 5.13. The summed E-state index contributed by atoms with van der Waals surface area (Å²) >= 11 is 0. The number of carboxylic acids is 1. The topological polar surface area (TPSA) is 143 Å². The molecule has 0 radical (unpaired) electrons. The number of nitrogens with zero attached hydrogens (tertiary/aromatic N) is 2. The summed E-state index contributed by atoms with van der Waals surface area (Å²) < 4.78 is 23.8. The smallest absolute Gasteiger partial charge is 0.326 e. The number of sulfonamides is 1. The van der Waals surface area contributed by atoms with Gasteiger partial charge in [-0.1, -0.05) is 0 Å². The summed E-state index contributed by atoms with van der Waals surface area (Å²) in [5.74, 6) is -1.89. The Balaban J connectivity index is 2.36. The molecule has 2 heterocycles. The standard InChI is InChI=1S/C11H15N3O6S/c1-13-5-7(21(12,19)20)3-8(13)10(16)14-4-6(15)2-9(14)11(17)18/h3,5-6,9,15H,2,4H2,1H3,(H,17,18)(H2,12,19,20)/t6-,9-/m0/s1. The molecule has 0 unspecified atom stereocenters. The third-order valence-corrected chi connectivity index (χ3v) is 4.23. The molecule has 1 saturated heterocycles. The number of aliphatic hydroxyl groups excluding tert-OH is 1. The van der Waals surface area contributed by atoms with Crippen molar-refractivity contribution < 1.29 is 28.2 Å². The second-order valence-electron chi connectivity index (χ2n) is 4.92. The van der Waals surface area contributed by atoms with Gasteiger partial charge in [0.05, 0.1) is 6.10 Å². The lowest BCUT2D eigenvalue weighted by molar-refractivity contribution is -0.141. The van der Waals surface area contributed by atoms with Gasteiger partial charge in [-0.05, 0) is 6.07 Å². The van der Waals surface area contributed by atoms with Crippen LogP contribution in [0.1, 0.15) is 16.9 Å². The van der Waals surface area contributed by atoms with E-state index >= 15 is 0 Å². The summed E-state index contributed by atoms with van der Waals surface area (Å²) in [6.07, 6.45) is 0.186. The van der Waals surface area contributed by atoms with Crippen LogP contribution >= 0.6 is 0 Å². The molecule has 116 valence electrons. The molecule has 2 rings (SSSR count). The molecule has 0 saturated carbocycles. The number of likely N-dealkylation sites (tertiary alicyclic amines) is 1. The van der Waals surface area contributed by atoms with E-state index in [-0.39, 0.29) is 23.6 Å². The highest BCUT2D eigenvalue weighted by atomic mass is 32.2. The van der Waals surface area contributed by atoms with Crippen molar-refractivity contribution in [2.24, 2.45) is 12.2 Å². The Morgan fingerprint density at radius 2 is 2.05 bits per heavy atom. The minimum Gasteiger partial charge on any atom is -0.480 e. The Morgan fingerprint density at radius 3 is 2.52 bits per heavy atom. The van der Waals surface area contributed by atoms with Gasteiger partial charge in [0.15, 0.2) is 0 Å². The van der Waals surface area contributed by atoms with Crippen LogP contribution in [0.2, 0.25) is 0 Å². The van der Waals surface area contributed by atoms with Crippen molar-refractivity contribution in [3.05, 3.63) is 18.0 Å². The van der Waals surface area contributed by atoms with Crippen LogP contribution in [0.5, 0.6) is 0 Å². The Bertz CT molecular complexity index is 695. The second-order valence-corrected chi connectivity index (χ2v) is 6.48. The van der Waals surface area contributed by atoms with Crippen LogP contribution in [0.15, 0.2) is 17.2 Å². The van der Waals surface area contributed by atoms with E-state index < -0.39 is 34.0 Å². The van der Waals surface area contributed by atoms with Crippen LogP contribution in [-0.4, -0.2) is 58.7 Å². The molecule has 1 aliphatic rings. The number of carbonyl (C=O) groups excluding carboxylic acids is 1. The molecular formula is C11H15N3O6S. The molecule has 21 heavy (non-hydrogen) atoms. The average Bonchev–Trinajstić information content (AvgIpc) is 2.91. The van der Waals surface area contributed by atoms with E-state index in [1.54, 1.807) is 0 Å². The number of amides is 1. The first-order chi connectivity index (χ1) is 9.61. The average molecular weight is 317 g/mol. The molecule has 1 aliphatic heterocycles. The number of hydrogen-bond acceptors (Lipinski definition) is 5. The highest BCUT2D eigenvalue weighted by Crippen LogP contribution is 2.22. The SMILES string of the molecule is Cn1cc(S(N)(=O)=O)cc1C(=O)N1C[C@@H](O)C[C@H]1C(=O)O. The zero-order chi connectivity index (χ0) is 15.9. The molecule has 1 amide bonds. The largest absolute Gasteiger partial charge is 0.480 e. The van der Waals surface area contributed by atoms with Gasteiger partial charge in [0, 0.05) is 26.2 Å². The van der Waals surface area contributed by atoms with Crippen LogP contribution < -0.4 is 5.14 Å². The lowest BCUT2D eigenvalue weighted by atomic mass is 10.2. The van der Waals surface area contributed by atoms with Crippen molar-refractivity contribution in [3.63, 3.8) is 0 Å². The maximum absolute atomic E-state index is 12.4. The molecule has 1 aromatic heterocycles. The van der Waals surface area contributed by atoms with Crippen LogP contribution in [-0.2, 0) is 21.9 Å². The minimum absolute atomic E-state index is 0.0145. The van der Waals surface area contributed by atoms with Crippen molar-refractivity contribution in [3.8, 4) is 0 Å². The fourth-order valence-corrected chi connectivity index (χ4v) is 2.90. The van der Waals surface area contributed by atoms with Gasteiger partial charge < -0.3 is 19.7 Å². The predicted octanol–water partition coefficient (Wildman–Crippen LogP) is -1.67. The van der Waals surface area contributed by atoms with E-state index in [1.807, 2.05) is 0 Å². The zero-order valence-corrected chi connectivity index (χ0v) is 11.9. The van der Waals surface area contributed by atoms with Gasteiger partial charge in [0.25, 0.3) is 5.91 Å². The van der Waals surface area contributed by atoms with Crippen molar-refractivity contribution >= 4 is 21.9 Å². The number of carbonyl (C=O) groups is 2. The first kappa shape index (κ1) is 15.5. The lowest BCUT2D eigenvalue weighted by Gasteiger charge is -2.21. The fourth-order valence-electron chi connectivity index (χ4n) is 2.32. The molecule has 0 aliphatic carbocycles. The van der Waals surface area contributed by atoms with E-state index in [2.05, 4.69) is 0 Å². The maximum atomic E-state index is 12.4. The van der Waals surface area contributed by atoms with Crippen molar-refractivity contribution in [2.75, 3.05) is 6.54 Å². The number of aromatic nitrogens is 1. The van der Waals surface area contributed by atoms with E-state index in [0.717, 1.165) is 11.0 Å². The fraction of sp³-hybridized carbons (Fsp3) is 0.455. The van der Waals surface area contributed by atoms with E-state index in [4.69, 9.17) is 10.2 Å². The predicted molar refractivity (Wildman–Crippen MR) is 69.9 cm³/mol. The third-order valence-electron chi connectivity index (χ3n) is 3.35. The number of hydrogen-bond donors (Lipinski definition) is 3. The van der Waals surface area contributed by atoms with E-state index in [9.17, 15) is 23.1 Å². The summed E-state index contributed by atoms with van der Waals surface area (Å²) in [5, 5.41) is 23.6.